The lowest BCUT2D eigenvalue weighted by Crippen LogP contribution is -1.91. The fourth-order valence-corrected chi connectivity index (χ4v) is 1.64. The fourth-order valence-electron chi connectivity index (χ4n) is 1.20. The molecule has 0 atom stereocenters. The SMILES string of the molecule is N#Cc1cccc(Oc2ccc(F)cc2Br)n1. The van der Waals surface area contributed by atoms with Crippen molar-refractivity contribution < 1.29 is 9.13 Å². The van der Waals surface area contributed by atoms with E-state index in [0.717, 1.165) is 0 Å². The van der Waals surface area contributed by atoms with Gasteiger partial charge in [-0.15, -0.1) is 0 Å². The Bertz CT molecular complexity index is 595. The first kappa shape index (κ1) is 11.6. The molecule has 0 aliphatic carbocycles. The minimum Gasteiger partial charge on any atom is -0.438 e. The average Bonchev–Trinajstić information content (AvgIpc) is 2.33. The normalized spacial score (nSPS) is 9.71. The second-order valence-electron chi connectivity index (χ2n) is 3.15. The van der Waals surface area contributed by atoms with Crippen LogP contribution in [0.2, 0.25) is 0 Å². The summed E-state index contributed by atoms with van der Waals surface area (Å²) in [7, 11) is 0. The highest BCUT2D eigenvalue weighted by atomic mass is 79.9. The quantitative estimate of drug-likeness (QED) is 0.849. The van der Waals surface area contributed by atoms with Gasteiger partial charge in [-0.05, 0) is 40.2 Å². The first-order valence-electron chi connectivity index (χ1n) is 4.69. The molecule has 0 aliphatic rings. The predicted molar refractivity (Wildman–Crippen MR) is 63.1 cm³/mol. The minimum atomic E-state index is -0.358. The molecule has 84 valence electrons. The molecule has 0 radical (unpaired) electrons. The first-order chi connectivity index (χ1) is 8.19. The van der Waals surface area contributed by atoms with Crippen LogP contribution in [0, 0.1) is 17.1 Å². The summed E-state index contributed by atoms with van der Waals surface area (Å²) in [6, 6.07) is 10.8. The van der Waals surface area contributed by atoms with Crippen LogP contribution in [0.4, 0.5) is 4.39 Å². The molecule has 0 aliphatic heterocycles. The number of ether oxygens (including phenoxy) is 1. The van der Waals surface area contributed by atoms with Gasteiger partial charge >= 0.3 is 0 Å². The van der Waals surface area contributed by atoms with Crippen molar-refractivity contribution in [3.8, 4) is 17.7 Å². The Kier molecular flexibility index (Phi) is 3.35. The third kappa shape index (κ3) is 2.80. The molecule has 1 aromatic heterocycles. The van der Waals surface area contributed by atoms with Gasteiger partial charge in [0.15, 0.2) is 0 Å². The number of pyridine rings is 1. The standard InChI is InChI=1S/C12H6BrFN2O/c13-10-6-8(14)4-5-11(10)17-12-3-1-2-9(7-15)16-12/h1-6H. The summed E-state index contributed by atoms with van der Waals surface area (Å²) in [5, 5.41) is 8.69. The molecule has 0 bridgehead atoms. The van der Waals surface area contributed by atoms with Crippen molar-refractivity contribution in [2.45, 2.75) is 0 Å². The van der Waals surface area contributed by atoms with Gasteiger partial charge in [-0.2, -0.15) is 5.26 Å². The summed E-state index contributed by atoms with van der Waals surface area (Å²) in [6.07, 6.45) is 0. The highest BCUT2D eigenvalue weighted by molar-refractivity contribution is 9.10. The zero-order valence-corrected chi connectivity index (χ0v) is 10.1. The maximum Gasteiger partial charge on any atom is 0.220 e. The van der Waals surface area contributed by atoms with Crippen LogP contribution in [0.1, 0.15) is 5.69 Å². The highest BCUT2D eigenvalue weighted by Crippen LogP contribution is 2.29. The van der Waals surface area contributed by atoms with Crippen LogP contribution in [0.15, 0.2) is 40.9 Å². The van der Waals surface area contributed by atoms with E-state index in [1.807, 2.05) is 6.07 Å². The fraction of sp³-hybridized carbons (Fsp3) is 0. The van der Waals surface area contributed by atoms with Crippen LogP contribution >= 0.6 is 15.9 Å². The maximum absolute atomic E-state index is 12.9. The lowest BCUT2D eigenvalue weighted by Gasteiger charge is -2.06. The van der Waals surface area contributed by atoms with E-state index in [4.69, 9.17) is 10.00 Å². The third-order valence-electron chi connectivity index (χ3n) is 1.95. The van der Waals surface area contributed by atoms with E-state index in [-0.39, 0.29) is 17.4 Å². The van der Waals surface area contributed by atoms with E-state index in [9.17, 15) is 4.39 Å². The van der Waals surface area contributed by atoms with Gasteiger partial charge in [0.25, 0.3) is 0 Å². The summed E-state index contributed by atoms with van der Waals surface area (Å²) < 4.78 is 18.8. The lowest BCUT2D eigenvalue weighted by atomic mass is 10.3. The molecule has 17 heavy (non-hydrogen) atoms. The number of aromatic nitrogens is 1. The molecule has 0 unspecified atom stereocenters. The number of rotatable bonds is 2. The second-order valence-corrected chi connectivity index (χ2v) is 4.00. The zero-order valence-electron chi connectivity index (χ0n) is 8.52. The molecule has 0 fully saturated rings. The van der Waals surface area contributed by atoms with Crippen molar-refractivity contribution in [2.24, 2.45) is 0 Å². The Balaban J connectivity index is 2.28. The largest absolute Gasteiger partial charge is 0.438 e. The van der Waals surface area contributed by atoms with Crippen molar-refractivity contribution in [1.82, 2.24) is 4.98 Å². The van der Waals surface area contributed by atoms with Gasteiger partial charge in [-0.3, -0.25) is 0 Å². The zero-order chi connectivity index (χ0) is 12.3. The van der Waals surface area contributed by atoms with Gasteiger partial charge in [-0.25, -0.2) is 9.37 Å². The van der Waals surface area contributed by atoms with Gasteiger partial charge in [-0.1, -0.05) is 6.07 Å². The Hall–Kier alpha value is -1.93. The maximum atomic E-state index is 12.9. The van der Waals surface area contributed by atoms with Crippen LogP contribution in [0.25, 0.3) is 0 Å². The molecule has 0 spiro atoms. The molecular weight excluding hydrogens is 287 g/mol. The summed E-state index contributed by atoms with van der Waals surface area (Å²) >= 11 is 3.18. The molecule has 0 N–H and O–H groups in total. The van der Waals surface area contributed by atoms with E-state index >= 15 is 0 Å². The molecule has 2 aromatic rings. The highest BCUT2D eigenvalue weighted by Gasteiger charge is 2.05. The van der Waals surface area contributed by atoms with Gasteiger partial charge in [0.2, 0.25) is 5.88 Å². The molecule has 1 heterocycles. The molecule has 0 saturated heterocycles. The molecule has 0 amide bonds. The Morgan fingerprint density at radius 3 is 2.82 bits per heavy atom. The molecule has 1 aromatic carbocycles. The molecule has 0 saturated carbocycles. The van der Waals surface area contributed by atoms with E-state index in [1.165, 1.54) is 18.2 Å². The first-order valence-corrected chi connectivity index (χ1v) is 5.48. The molecular formula is C12H6BrFN2O. The van der Waals surface area contributed by atoms with E-state index in [2.05, 4.69) is 20.9 Å². The van der Waals surface area contributed by atoms with Crippen LogP contribution < -0.4 is 4.74 Å². The average molecular weight is 293 g/mol. The predicted octanol–water partition coefficient (Wildman–Crippen LogP) is 3.65. The monoisotopic (exact) mass is 292 g/mol. The number of hydrogen-bond donors (Lipinski definition) is 0. The Morgan fingerprint density at radius 1 is 1.29 bits per heavy atom. The number of nitrogens with zero attached hydrogens (tertiary/aromatic N) is 2. The van der Waals surface area contributed by atoms with Gasteiger partial charge in [0, 0.05) is 6.07 Å². The Labute approximate surface area is 106 Å². The van der Waals surface area contributed by atoms with Crippen molar-refractivity contribution in [3.05, 3.63) is 52.4 Å². The number of benzene rings is 1. The molecule has 3 nitrogen and oxygen atoms in total. The van der Waals surface area contributed by atoms with Crippen molar-refractivity contribution in [1.29, 1.82) is 5.26 Å². The van der Waals surface area contributed by atoms with E-state index in [0.29, 0.717) is 10.2 Å². The van der Waals surface area contributed by atoms with E-state index in [1.54, 1.807) is 18.2 Å². The molecule has 5 heteroatoms. The van der Waals surface area contributed by atoms with Crippen LogP contribution in [-0.2, 0) is 0 Å². The van der Waals surface area contributed by atoms with Crippen LogP contribution in [-0.4, -0.2) is 4.98 Å². The minimum absolute atomic E-state index is 0.265. The van der Waals surface area contributed by atoms with Crippen LogP contribution in [0.5, 0.6) is 11.6 Å². The van der Waals surface area contributed by atoms with Gasteiger partial charge in [0.05, 0.1) is 4.47 Å². The smallest absolute Gasteiger partial charge is 0.220 e. The van der Waals surface area contributed by atoms with E-state index < -0.39 is 0 Å². The Morgan fingerprint density at radius 2 is 2.12 bits per heavy atom. The van der Waals surface area contributed by atoms with Crippen molar-refractivity contribution in [3.63, 3.8) is 0 Å². The van der Waals surface area contributed by atoms with Crippen molar-refractivity contribution in [2.75, 3.05) is 0 Å². The third-order valence-corrected chi connectivity index (χ3v) is 2.57. The van der Waals surface area contributed by atoms with Gasteiger partial charge < -0.3 is 4.74 Å². The second kappa shape index (κ2) is 4.93. The number of nitriles is 1. The topological polar surface area (TPSA) is 45.9 Å². The summed E-state index contributed by atoms with van der Waals surface area (Å²) in [6.45, 7) is 0. The number of hydrogen-bond acceptors (Lipinski definition) is 3. The lowest BCUT2D eigenvalue weighted by molar-refractivity contribution is 0.458. The summed E-state index contributed by atoms with van der Waals surface area (Å²) in [5.74, 6) is 0.369. The molecule has 2 rings (SSSR count). The van der Waals surface area contributed by atoms with Crippen LogP contribution in [0.3, 0.4) is 0 Å². The summed E-state index contributed by atoms with van der Waals surface area (Å²) in [4.78, 5) is 3.95. The summed E-state index contributed by atoms with van der Waals surface area (Å²) in [5.41, 5.74) is 0.265. The van der Waals surface area contributed by atoms with Gasteiger partial charge in [0.1, 0.15) is 23.3 Å². The number of halogens is 2. The van der Waals surface area contributed by atoms with Crippen molar-refractivity contribution >= 4 is 15.9 Å².